The summed E-state index contributed by atoms with van der Waals surface area (Å²) in [4.78, 5) is 6.50. The molecule has 2 rings (SSSR count). The maximum atomic E-state index is 9.79. The molecule has 0 saturated carbocycles. The van der Waals surface area contributed by atoms with Crippen LogP contribution in [0.5, 0.6) is 5.75 Å². The third kappa shape index (κ3) is 4.23. The van der Waals surface area contributed by atoms with Crippen molar-refractivity contribution in [2.75, 3.05) is 20.6 Å². The molecule has 0 amide bonds. The van der Waals surface area contributed by atoms with E-state index in [1.165, 1.54) is 0 Å². The Kier molecular flexibility index (Phi) is 5.83. The highest BCUT2D eigenvalue weighted by molar-refractivity contribution is 6.31. The molecule has 0 fully saturated rings. The van der Waals surface area contributed by atoms with Gasteiger partial charge in [0.15, 0.2) is 0 Å². The summed E-state index contributed by atoms with van der Waals surface area (Å²) in [6, 6.07) is 12.7. The Labute approximate surface area is 140 Å². The number of nitrogens with zero attached hydrogens (tertiary/aromatic N) is 2. The first-order valence-electron chi connectivity index (χ1n) is 6.88. The number of hydrogen-bond acceptors (Lipinski definition) is 3. The Hall–Kier alpha value is -1.55. The molecule has 1 atom stereocenters. The summed E-state index contributed by atoms with van der Waals surface area (Å²) in [6.45, 7) is 0.530. The van der Waals surface area contributed by atoms with Crippen molar-refractivity contribution in [1.29, 1.82) is 0 Å². The van der Waals surface area contributed by atoms with Crippen molar-refractivity contribution in [3.05, 3.63) is 63.6 Å². The maximum Gasteiger partial charge on any atom is 0.124 e. The van der Waals surface area contributed by atoms with Gasteiger partial charge in [-0.25, -0.2) is 0 Å². The van der Waals surface area contributed by atoms with E-state index in [-0.39, 0.29) is 11.8 Å². The Morgan fingerprint density at radius 2 is 1.91 bits per heavy atom. The predicted molar refractivity (Wildman–Crippen MR) is 93.5 cm³/mol. The number of halogens is 2. The van der Waals surface area contributed by atoms with Gasteiger partial charge in [0.2, 0.25) is 0 Å². The zero-order valence-corrected chi connectivity index (χ0v) is 14.0. The highest BCUT2D eigenvalue weighted by Crippen LogP contribution is 2.26. The van der Waals surface area contributed by atoms with Gasteiger partial charge in [0.05, 0.1) is 12.6 Å². The zero-order chi connectivity index (χ0) is 16.1. The predicted octanol–water partition coefficient (Wildman–Crippen LogP) is 4.42. The van der Waals surface area contributed by atoms with Gasteiger partial charge in [-0.05, 0) is 43.9 Å². The minimum absolute atomic E-state index is 0.0614. The van der Waals surface area contributed by atoms with Crippen LogP contribution in [0.3, 0.4) is 0 Å². The lowest BCUT2D eigenvalue weighted by molar-refractivity contribution is 0.307. The summed E-state index contributed by atoms with van der Waals surface area (Å²) in [5.41, 5.74) is 1.63. The fourth-order valence-corrected chi connectivity index (χ4v) is 2.61. The Bertz CT molecular complexity index is 671. The molecule has 0 radical (unpaired) electrons. The van der Waals surface area contributed by atoms with Crippen LogP contribution in [0.4, 0.5) is 0 Å². The average molecular weight is 337 g/mol. The second kappa shape index (κ2) is 7.63. The minimum Gasteiger partial charge on any atom is -0.507 e. The number of aliphatic imine (C=N–C) groups is 1. The van der Waals surface area contributed by atoms with Gasteiger partial charge in [0, 0.05) is 21.8 Å². The standard InChI is InChI=1S/C17H18Cl2N2O/c1-21(2)16(14-5-3-4-6-15(14)19)11-20-10-12-9-13(18)7-8-17(12)22/h3-10,16,22H,11H2,1-2H3/t16-/m0/s1. The van der Waals surface area contributed by atoms with Gasteiger partial charge in [-0.2, -0.15) is 0 Å². The van der Waals surface area contributed by atoms with Gasteiger partial charge < -0.3 is 10.0 Å². The summed E-state index contributed by atoms with van der Waals surface area (Å²) in [7, 11) is 3.97. The molecule has 0 aliphatic heterocycles. The molecule has 1 N–H and O–H groups in total. The van der Waals surface area contributed by atoms with Crippen LogP contribution < -0.4 is 0 Å². The molecule has 0 aromatic heterocycles. The van der Waals surface area contributed by atoms with Crippen molar-refractivity contribution in [2.24, 2.45) is 4.99 Å². The number of rotatable bonds is 5. The fourth-order valence-electron chi connectivity index (χ4n) is 2.16. The monoisotopic (exact) mass is 336 g/mol. The van der Waals surface area contributed by atoms with E-state index in [9.17, 15) is 5.11 Å². The van der Waals surface area contributed by atoms with Gasteiger partial charge in [0.25, 0.3) is 0 Å². The summed E-state index contributed by atoms with van der Waals surface area (Å²) in [5, 5.41) is 11.1. The summed E-state index contributed by atoms with van der Waals surface area (Å²) in [6.07, 6.45) is 1.63. The second-order valence-electron chi connectivity index (χ2n) is 5.20. The third-order valence-electron chi connectivity index (χ3n) is 3.39. The highest BCUT2D eigenvalue weighted by atomic mass is 35.5. The van der Waals surface area contributed by atoms with Gasteiger partial charge in [-0.1, -0.05) is 41.4 Å². The molecular formula is C17H18Cl2N2O. The topological polar surface area (TPSA) is 35.8 Å². The zero-order valence-electron chi connectivity index (χ0n) is 12.5. The SMILES string of the molecule is CN(C)[C@@H](CN=Cc1cc(Cl)ccc1O)c1ccccc1Cl. The van der Waals surface area contributed by atoms with E-state index in [2.05, 4.69) is 9.89 Å². The van der Waals surface area contributed by atoms with Gasteiger partial charge in [-0.3, -0.25) is 4.99 Å². The first-order valence-corrected chi connectivity index (χ1v) is 7.64. The van der Waals surface area contributed by atoms with E-state index in [1.807, 2.05) is 38.4 Å². The molecule has 3 nitrogen and oxygen atoms in total. The van der Waals surface area contributed by atoms with Crippen molar-refractivity contribution >= 4 is 29.4 Å². The number of likely N-dealkylation sites (N-methyl/N-ethyl adjacent to an activating group) is 1. The first kappa shape index (κ1) is 16.8. The molecule has 0 aliphatic carbocycles. The molecule has 0 saturated heterocycles. The Balaban J connectivity index is 2.18. The van der Waals surface area contributed by atoms with Crippen LogP contribution in [0.1, 0.15) is 17.2 Å². The highest BCUT2D eigenvalue weighted by Gasteiger charge is 2.15. The molecule has 22 heavy (non-hydrogen) atoms. The molecule has 5 heteroatoms. The first-order chi connectivity index (χ1) is 10.5. The Morgan fingerprint density at radius 1 is 1.18 bits per heavy atom. The van der Waals surface area contributed by atoms with Crippen molar-refractivity contribution in [3.8, 4) is 5.75 Å². The average Bonchev–Trinajstić information content (AvgIpc) is 2.48. The normalized spacial score (nSPS) is 13.0. The molecule has 116 valence electrons. The van der Waals surface area contributed by atoms with Crippen molar-refractivity contribution in [2.45, 2.75) is 6.04 Å². The molecule has 0 aliphatic rings. The lowest BCUT2D eigenvalue weighted by Gasteiger charge is -2.24. The van der Waals surface area contributed by atoms with E-state index in [0.29, 0.717) is 17.1 Å². The number of phenolic OH excluding ortho intramolecular Hbond substituents is 1. The van der Waals surface area contributed by atoms with Crippen LogP contribution in [0.2, 0.25) is 10.0 Å². The number of benzene rings is 2. The van der Waals surface area contributed by atoms with Crippen molar-refractivity contribution in [1.82, 2.24) is 4.90 Å². The largest absolute Gasteiger partial charge is 0.507 e. The molecule has 2 aromatic rings. The van der Waals surface area contributed by atoms with Crippen LogP contribution in [0.15, 0.2) is 47.5 Å². The quantitative estimate of drug-likeness (QED) is 0.820. The van der Waals surface area contributed by atoms with Crippen LogP contribution in [0.25, 0.3) is 0 Å². The van der Waals surface area contributed by atoms with Crippen LogP contribution in [-0.4, -0.2) is 36.9 Å². The molecule has 2 aromatic carbocycles. The molecule has 0 unspecified atom stereocenters. The maximum absolute atomic E-state index is 9.79. The van der Waals surface area contributed by atoms with E-state index in [0.717, 1.165) is 10.6 Å². The fraction of sp³-hybridized carbons (Fsp3) is 0.235. The van der Waals surface area contributed by atoms with Gasteiger partial charge in [0.1, 0.15) is 5.75 Å². The molecular weight excluding hydrogens is 319 g/mol. The number of phenols is 1. The Morgan fingerprint density at radius 3 is 2.59 bits per heavy atom. The lowest BCUT2D eigenvalue weighted by atomic mass is 10.1. The molecule has 0 bridgehead atoms. The molecule has 0 heterocycles. The van der Waals surface area contributed by atoms with E-state index < -0.39 is 0 Å². The number of aromatic hydroxyl groups is 1. The van der Waals surface area contributed by atoms with Crippen molar-refractivity contribution < 1.29 is 5.11 Å². The van der Waals surface area contributed by atoms with Crippen LogP contribution >= 0.6 is 23.2 Å². The van der Waals surface area contributed by atoms with E-state index >= 15 is 0 Å². The van der Waals surface area contributed by atoms with Crippen LogP contribution in [-0.2, 0) is 0 Å². The van der Waals surface area contributed by atoms with Gasteiger partial charge >= 0.3 is 0 Å². The second-order valence-corrected chi connectivity index (χ2v) is 6.04. The minimum atomic E-state index is 0.0614. The van der Waals surface area contributed by atoms with E-state index in [4.69, 9.17) is 23.2 Å². The summed E-state index contributed by atoms with van der Waals surface area (Å²) >= 11 is 12.2. The third-order valence-corrected chi connectivity index (χ3v) is 3.97. The van der Waals surface area contributed by atoms with Crippen molar-refractivity contribution in [3.63, 3.8) is 0 Å². The van der Waals surface area contributed by atoms with E-state index in [1.54, 1.807) is 24.4 Å². The summed E-state index contributed by atoms with van der Waals surface area (Å²) in [5.74, 6) is 0.160. The smallest absolute Gasteiger partial charge is 0.124 e. The summed E-state index contributed by atoms with van der Waals surface area (Å²) < 4.78 is 0. The van der Waals surface area contributed by atoms with Crippen LogP contribution in [0, 0.1) is 0 Å². The lowest BCUT2D eigenvalue weighted by Crippen LogP contribution is -2.23. The number of hydrogen-bond donors (Lipinski definition) is 1. The van der Waals surface area contributed by atoms with Gasteiger partial charge in [-0.15, -0.1) is 0 Å². The molecule has 0 spiro atoms.